The third kappa shape index (κ3) is 10.9. The van der Waals surface area contributed by atoms with Crippen molar-refractivity contribution in [3.63, 3.8) is 0 Å². The Bertz CT molecular complexity index is 1500. The van der Waals surface area contributed by atoms with Gasteiger partial charge in [-0.25, -0.2) is 4.79 Å². The maximum absolute atomic E-state index is 13.4. The van der Waals surface area contributed by atoms with Crippen LogP contribution in [0.3, 0.4) is 0 Å². The molecule has 0 saturated heterocycles. The van der Waals surface area contributed by atoms with Crippen molar-refractivity contribution in [1.82, 2.24) is 16.0 Å². The number of carboxylic acids is 1. The number of amides is 4. The summed E-state index contributed by atoms with van der Waals surface area (Å²) in [6.07, 6.45) is -0.877. The molecule has 11 N–H and O–H groups in total. The first-order chi connectivity index (χ1) is 21.3. The molecule has 4 atom stereocenters. The van der Waals surface area contributed by atoms with Crippen LogP contribution in [0.2, 0.25) is 0 Å². The van der Waals surface area contributed by atoms with E-state index in [4.69, 9.17) is 11.5 Å². The summed E-state index contributed by atoms with van der Waals surface area (Å²) in [6, 6.07) is 11.9. The van der Waals surface area contributed by atoms with Crippen molar-refractivity contribution < 1.29 is 44.4 Å². The molecule has 238 valence electrons. The minimum Gasteiger partial charge on any atom is -0.508 e. The molecule has 4 amide bonds. The van der Waals surface area contributed by atoms with Crippen molar-refractivity contribution in [3.8, 4) is 17.2 Å². The van der Waals surface area contributed by atoms with Crippen LogP contribution in [0.4, 0.5) is 0 Å². The van der Waals surface area contributed by atoms with Gasteiger partial charge in [-0.15, -0.1) is 0 Å². The van der Waals surface area contributed by atoms with E-state index in [9.17, 15) is 44.4 Å². The van der Waals surface area contributed by atoms with E-state index in [2.05, 4.69) is 16.0 Å². The second-order valence-corrected chi connectivity index (χ2v) is 10.4. The summed E-state index contributed by atoms with van der Waals surface area (Å²) in [5.74, 6) is -4.95. The van der Waals surface area contributed by atoms with Crippen LogP contribution in [0.5, 0.6) is 17.2 Å². The summed E-state index contributed by atoms with van der Waals surface area (Å²) in [5.41, 5.74) is 13.0. The van der Waals surface area contributed by atoms with Crippen LogP contribution in [0.25, 0.3) is 0 Å². The molecule has 0 saturated carbocycles. The Morgan fingerprint density at radius 3 is 1.33 bits per heavy atom. The highest BCUT2D eigenvalue weighted by Gasteiger charge is 2.31. The lowest BCUT2D eigenvalue weighted by Gasteiger charge is -2.25. The van der Waals surface area contributed by atoms with Crippen molar-refractivity contribution >= 4 is 29.6 Å². The minimum atomic E-state index is -1.52. The minimum absolute atomic E-state index is 0.0229. The summed E-state index contributed by atoms with van der Waals surface area (Å²) < 4.78 is 0. The van der Waals surface area contributed by atoms with E-state index in [0.29, 0.717) is 16.7 Å². The highest BCUT2D eigenvalue weighted by atomic mass is 16.4. The number of carbonyl (C=O) groups excluding carboxylic acids is 4. The number of phenols is 3. The van der Waals surface area contributed by atoms with Gasteiger partial charge in [0.1, 0.15) is 35.4 Å². The first kappa shape index (κ1) is 33.9. The first-order valence-corrected chi connectivity index (χ1v) is 13.8. The van der Waals surface area contributed by atoms with Crippen LogP contribution >= 0.6 is 0 Å². The predicted molar refractivity (Wildman–Crippen MR) is 161 cm³/mol. The molecule has 0 radical (unpaired) electrons. The molecule has 4 unspecified atom stereocenters. The quantitative estimate of drug-likeness (QED) is 0.106. The molecular weight excluding hydrogens is 586 g/mol. The molecule has 0 aromatic heterocycles. The van der Waals surface area contributed by atoms with Gasteiger partial charge < -0.3 is 47.8 Å². The van der Waals surface area contributed by atoms with Crippen LogP contribution in [-0.2, 0) is 43.2 Å². The van der Waals surface area contributed by atoms with Crippen molar-refractivity contribution in [2.45, 2.75) is 49.9 Å². The topological polar surface area (TPSA) is 254 Å². The molecule has 0 aliphatic heterocycles. The lowest BCUT2D eigenvalue weighted by molar-refractivity contribution is -0.142. The van der Waals surface area contributed by atoms with Crippen molar-refractivity contribution in [2.75, 3.05) is 0 Å². The fraction of sp³-hybridized carbons (Fsp3) is 0.258. The van der Waals surface area contributed by atoms with E-state index in [-0.39, 0.29) is 36.5 Å². The number of carboxylic acid groups (broad SMARTS) is 1. The fourth-order valence-electron chi connectivity index (χ4n) is 4.36. The smallest absolute Gasteiger partial charge is 0.326 e. The van der Waals surface area contributed by atoms with Gasteiger partial charge in [0.25, 0.3) is 0 Å². The van der Waals surface area contributed by atoms with Crippen LogP contribution < -0.4 is 27.4 Å². The Balaban J connectivity index is 1.79. The number of nitrogens with two attached hydrogens (primary N) is 2. The van der Waals surface area contributed by atoms with Crippen molar-refractivity contribution in [2.24, 2.45) is 11.5 Å². The summed E-state index contributed by atoms with van der Waals surface area (Å²) in [4.78, 5) is 63.5. The van der Waals surface area contributed by atoms with Crippen LogP contribution in [-0.4, -0.2) is 74.2 Å². The molecule has 45 heavy (non-hydrogen) atoms. The predicted octanol–water partition coefficient (Wildman–Crippen LogP) is -0.427. The summed E-state index contributed by atoms with van der Waals surface area (Å²) >= 11 is 0. The molecule has 0 aliphatic carbocycles. The zero-order valence-corrected chi connectivity index (χ0v) is 24.1. The number of hydrogen-bond acceptors (Lipinski definition) is 9. The maximum atomic E-state index is 13.4. The highest BCUT2D eigenvalue weighted by molar-refractivity contribution is 5.96. The van der Waals surface area contributed by atoms with E-state index < -0.39 is 60.2 Å². The maximum Gasteiger partial charge on any atom is 0.326 e. The van der Waals surface area contributed by atoms with Gasteiger partial charge in [-0.05, 0) is 59.5 Å². The molecule has 0 bridgehead atoms. The zero-order chi connectivity index (χ0) is 33.1. The monoisotopic (exact) mass is 621 g/mol. The molecule has 0 heterocycles. The standard InChI is InChI=1S/C31H35N5O9/c32-23(13-17-1-7-20(37)8-2-17)28(41)34-25(16-27(33)40)30(43)35-24(14-18-3-9-21(38)10-4-18)29(42)36-26(31(44)45)15-19-5-11-22(39)12-6-19/h1-12,23-26,37-39H,13-16,32H2,(H2,33,40)(H,34,41)(H,35,43)(H,36,42)(H,44,45). The molecule has 14 heteroatoms. The number of rotatable bonds is 15. The Kier molecular flexibility index (Phi) is 11.8. The van der Waals surface area contributed by atoms with E-state index in [1.54, 1.807) is 12.1 Å². The first-order valence-electron chi connectivity index (χ1n) is 13.8. The van der Waals surface area contributed by atoms with Crippen LogP contribution in [0, 0.1) is 0 Å². The van der Waals surface area contributed by atoms with Gasteiger partial charge in [0.15, 0.2) is 0 Å². The van der Waals surface area contributed by atoms with E-state index >= 15 is 0 Å². The number of hydrogen-bond donors (Lipinski definition) is 9. The average Bonchev–Trinajstić information content (AvgIpc) is 2.99. The number of phenolic OH excluding ortho intramolecular Hbond substituents is 3. The van der Waals surface area contributed by atoms with Crippen molar-refractivity contribution in [3.05, 3.63) is 89.5 Å². The molecule has 14 nitrogen and oxygen atoms in total. The summed E-state index contributed by atoms with van der Waals surface area (Å²) in [6.45, 7) is 0. The van der Waals surface area contributed by atoms with Gasteiger partial charge in [-0.2, -0.15) is 0 Å². The fourth-order valence-corrected chi connectivity index (χ4v) is 4.36. The molecule has 0 spiro atoms. The molecule has 0 fully saturated rings. The second kappa shape index (κ2) is 15.7. The van der Waals surface area contributed by atoms with E-state index in [0.717, 1.165) is 0 Å². The molecule has 0 aliphatic rings. The Hall–Kier alpha value is -5.63. The Labute approximate surface area is 258 Å². The van der Waals surface area contributed by atoms with Crippen molar-refractivity contribution in [1.29, 1.82) is 0 Å². The Morgan fingerprint density at radius 1 is 0.556 bits per heavy atom. The largest absolute Gasteiger partial charge is 0.508 e. The highest BCUT2D eigenvalue weighted by Crippen LogP contribution is 2.14. The van der Waals surface area contributed by atoms with Gasteiger partial charge in [0, 0.05) is 12.8 Å². The SMILES string of the molecule is NC(=O)CC(NC(=O)C(N)Cc1ccc(O)cc1)C(=O)NC(Cc1ccc(O)cc1)C(=O)NC(Cc1ccc(O)cc1)C(=O)O. The van der Waals surface area contributed by atoms with E-state index in [1.165, 1.54) is 60.7 Å². The van der Waals surface area contributed by atoms with Gasteiger partial charge >= 0.3 is 5.97 Å². The van der Waals surface area contributed by atoms with Gasteiger partial charge in [0.05, 0.1) is 12.5 Å². The summed E-state index contributed by atoms with van der Waals surface area (Å²) in [5, 5.41) is 45.6. The second-order valence-electron chi connectivity index (χ2n) is 10.4. The normalized spacial score (nSPS) is 13.4. The average molecular weight is 622 g/mol. The zero-order valence-electron chi connectivity index (χ0n) is 24.1. The lowest BCUT2D eigenvalue weighted by atomic mass is 10.0. The number of aliphatic carboxylic acids is 1. The third-order valence-electron chi connectivity index (χ3n) is 6.77. The third-order valence-corrected chi connectivity index (χ3v) is 6.77. The number of nitrogens with one attached hydrogen (secondary N) is 3. The molecule has 3 aromatic carbocycles. The van der Waals surface area contributed by atoms with Gasteiger partial charge in [0.2, 0.25) is 23.6 Å². The lowest BCUT2D eigenvalue weighted by Crippen LogP contribution is -2.58. The number of primary amides is 1. The Morgan fingerprint density at radius 2 is 0.911 bits per heavy atom. The molecule has 3 aromatic rings. The number of aromatic hydroxyl groups is 3. The number of benzene rings is 3. The summed E-state index contributed by atoms with van der Waals surface area (Å²) in [7, 11) is 0. The number of carbonyl (C=O) groups is 5. The molecule has 3 rings (SSSR count). The van der Waals surface area contributed by atoms with Crippen LogP contribution in [0.15, 0.2) is 72.8 Å². The molecular formula is C31H35N5O9. The van der Waals surface area contributed by atoms with Gasteiger partial charge in [-0.3, -0.25) is 19.2 Å². The van der Waals surface area contributed by atoms with Crippen LogP contribution in [0.1, 0.15) is 23.1 Å². The van der Waals surface area contributed by atoms with E-state index in [1.807, 2.05) is 0 Å². The van der Waals surface area contributed by atoms with Gasteiger partial charge in [-0.1, -0.05) is 36.4 Å².